The number of hydrogen-bond donors (Lipinski definition) is 1. The summed E-state index contributed by atoms with van der Waals surface area (Å²) >= 11 is 0. The first-order valence-corrected chi connectivity index (χ1v) is 6.51. The van der Waals surface area contributed by atoms with Crippen molar-refractivity contribution in [1.82, 2.24) is 14.4 Å². The number of benzene rings is 1. The van der Waals surface area contributed by atoms with Crippen LogP contribution in [0.2, 0.25) is 0 Å². The molecule has 5 heteroatoms. The van der Waals surface area contributed by atoms with Gasteiger partial charge in [-0.2, -0.15) is 0 Å². The van der Waals surface area contributed by atoms with Crippen LogP contribution in [0.4, 0.5) is 17.3 Å². The molecule has 0 radical (unpaired) electrons. The average Bonchev–Trinajstić information content (AvgIpc) is 2.93. The van der Waals surface area contributed by atoms with E-state index in [0.717, 1.165) is 23.0 Å². The van der Waals surface area contributed by atoms with Crippen molar-refractivity contribution < 1.29 is 0 Å². The molecule has 0 amide bonds. The summed E-state index contributed by atoms with van der Waals surface area (Å²) < 4.78 is 1.97. The maximum atomic E-state index is 4.63. The van der Waals surface area contributed by atoms with Gasteiger partial charge < -0.3 is 14.6 Å². The fourth-order valence-electron chi connectivity index (χ4n) is 2.22. The number of rotatable bonds is 3. The lowest BCUT2D eigenvalue weighted by atomic mass is 10.2. The van der Waals surface area contributed by atoms with Gasteiger partial charge in [-0.25, -0.2) is 9.97 Å². The molecule has 3 aromatic rings. The second-order valence-corrected chi connectivity index (χ2v) is 4.76. The Morgan fingerprint density at radius 3 is 2.90 bits per heavy atom. The molecule has 3 rings (SSSR count). The normalized spacial score (nSPS) is 10.8. The van der Waals surface area contributed by atoms with Crippen LogP contribution in [0.3, 0.4) is 0 Å². The van der Waals surface area contributed by atoms with Gasteiger partial charge >= 0.3 is 0 Å². The third-order valence-corrected chi connectivity index (χ3v) is 3.32. The minimum atomic E-state index is 0.810. The van der Waals surface area contributed by atoms with Crippen molar-refractivity contribution in [1.29, 1.82) is 0 Å². The van der Waals surface area contributed by atoms with Crippen LogP contribution in [0.15, 0.2) is 42.9 Å². The second-order valence-electron chi connectivity index (χ2n) is 4.76. The Morgan fingerprint density at radius 2 is 2.15 bits per heavy atom. The highest BCUT2D eigenvalue weighted by molar-refractivity contribution is 5.73. The Hall–Kier alpha value is -2.56. The Kier molecular flexibility index (Phi) is 3.02. The third kappa shape index (κ3) is 2.07. The zero-order valence-electron chi connectivity index (χ0n) is 11.8. The first-order chi connectivity index (χ1) is 9.69. The molecule has 0 aliphatic heterocycles. The van der Waals surface area contributed by atoms with E-state index in [1.54, 1.807) is 6.20 Å². The summed E-state index contributed by atoms with van der Waals surface area (Å²) in [5.74, 6) is 1.64. The van der Waals surface area contributed by atoms with E-state index in [0.29, 0.717) is 0 Å². The quantitative estimate of drug-likeness (QED) is 0.792. The second kappa shape index (κ2) is 4.85. The van der Waals surface area contributed by atoms with Crippen LogP contribution in [0.25, 0.3) is 5.65 Å². The van der Waals surface area contributed by atoms with Gasteiger partial charge in [-0.1, -0.05) is 12.1 Å². The van der Waals surface area contributed by atoms with Gasteiger partial charge in [0.2, 0.25) is 0 Å². The van der Waals surface area contributed by atoms with Crippen LogP contribution < -0.4 is 10.2 Å². The molecule has 0 fully saturated rings. The number of nitrogens with one attached hydrogen (secondary N) is 1. The minimum absolute atomic E-state index is 0.810. The van der Waals surface area contributed by atoms with Gasteiger partial charge in [0.25, 0.3) is 0 Å². The van der Waals surface area contributed by atoms with Crippen molar-refractivity contribution >= 4 is 23.0 Å². The molecule has 1 aromatic carbocycles. The number of nitrogens with zero attached hydrogens (tertiary/aromatic N) is 4. The van der Waals surface area contributed by atoms with E-state index < -0.39 is 0 Å². The van der Waals surface area contributed by atoms with Crippen molar-refractivity contribution in [3.63, 3.8) is 0 Å². The van der Waals surface area contributed by atoms with Gasteiger partial charge in [0, 0.05) is 32.2 Å². The summed E-state index contributed by atoms with van der Waals surface area (Å²) in [4.78, 5) is 11.1. The molecular formula is C15H17N5. The molecular weight excluding hydrogens is 250 g/mol. The summed E-state index contributed by atoms with van der Waals surface area (Å²) in [6.45, 7) is 2.08. The highest BCUT2D eigenvalue weighted by atomic mass is 15.2. The largest absolute Gasteiger partial charge is 0.372 e. The smallest absolute Gasteiger partial charge is 0.180 e. The molecule has 102 valence electrons. The van der Waals surface area contributed by atoms with Gasteiger partial charge in [0.1, 0.15) is 5.82 Å². The molecule has 0 aliphatic carbocycles. The Labute approximate surface area is 117 Å². The number of anilines is 3. The van der Waals surface area contributed by atoms with E-state index in [9.17, 15) is 0 Å². The van der Waals surface area contributed by atoms with Crippen molar-refractivity contribution in [2.45, 2.75) is 6.92 Å². The lowest BCUT2D eigenvalue weighted by Gasteiger charge is -2.20. The fourth-order valence-corrected chi connectivity index (χ4v) is 2.22. The van der Waals surface area contributed by atoms with Gasteiger partial charge in [-0.3, -0.25) is 0 Å². The summed E-state index contributed by atoms with van der Waals surface area (Å²) in [5, 5.41) is 3.08. The minimum Gasteiger partial charge on any atom is -0.372 e. The number of aromatic nitrogens is 3. The summed E-state index contributed by atoms with van der Waals surface area (Å²) in [5.41, 5.74) is 3.15. The SMILES string of the molecule is CNc1cn2ccnc2c(N(C)c2cccc(C)c2)n1. The van der Waals surface area contributed by atoms with Crippen molar-refractivity contribution in [2.75, 3.05) is 24.3 Å². The van der Waals surface area contributed by atoms with Crippen LogP contribution >= 0.6 is 0 Å². The molecule has 0 saturated carbocycles. The summed E-state index contributed by atoms with van der Waals surface area (Å²) in [7, 11) is 3.87. The summed E-state index contributed by atoms with van der Waals surface area (Å²) in [6.07, 6.45) is 5.63. The Balaban J connectivity index is 2.15. The van der Waals surface area contributed by atoms with E-state index in [1.807, 2.05) is 37.0 Å². The predicted molar refractivity (Wildman–Crippen MR) is 81.8 cm³/mol. The Morgan fingerprint density at radius 1 is 1.30 bits per heavy atom. The van der Waals surface area contributed by atoms with Crippen molar-refractivity contribution in [3.05, 3.63) is 48.4 Å². The standard InChI is InChI=1S/C15H17N5/c1-11-5-4-6-12(9-11)19(3)15-14-17-7-8-20(14)10-13(16-2)18-15/h4-10,16H,1-3H3. The number of imidazole rings is 1. The van der Waals surface area contributed by atoms with Crippen LogP contribution in [-0.2, 0) is 0 Å². The van der Waals surface area contributed by atoms with E-state index in [4.69, 9.17) is 0 Å². The Bertz CT molecular complexity index is 747. The molecule has 2 heterocycles. The lowest BCUT2D eigenvalue weighted by Crippen LogP contribution is -2.14. The lowest BCUT2D eigenvalue weighted by molar-refractivity contribution is 1.06. The molecule has 5 nitrogen and oxygen atoms in total. The average molecular weight is 267 g/mol. The molecule has 2 aromatic heterocycles. The first kappa shape index (κ1) is 12.5. The molecule has 1 N–H and O–H groups in total. The van der Waals surface area contributed by atoms with Gasteiger partial charge in [0.15, 0.2) is 11.5 Å². The molecule has 0 bridgehead atoms. The first-order valence-electron chi connectivity index (χ1n) is 6.51. The fraction of sp³-hybridized carbons (Fsp3) is 0.200. The number of hydrogen-bond acceptors (Lipinski definition) is 4. The van der Waals surface area contributed by atoms with Gasteiger partial charge in [-0.15, -0.1) is 0 Å². The summed E-state index contributed by atoms with van der Waals surface area (Å²) in [6, 6.07) is 8.33. The monoisotopic (exact) mass is 267 g/mol. The highest BCUT2D eigenvalue weighted by Crippen LogP contribution is 2.26. The molecule has 0 atom stereocenters. The van der Waals surface area contributed by atoms with Crippen molar-refractivity contribution in [3.8, 4) is 0 Å². The van der Waals surface area contributed by atoms with Crippen molar-refractivity contribution in [2.24, 2.45) is 0 Å². The maximum absolute atomic E-state index is 4.63. The van der Waals surface area contributed by atoms with E-state index in [1.165, 1.54) is 5.56 Å². The molecule has 20 heavy (non-hydrogen) atoms. The van der Waals surface area contributed by atoms with E-state index >= 15 is 0 Å². The van der Waals surface area contributed by atoms with Crippen LogP contribution in [0, 0.1) is 6.92 Å². The third-order valence-electron chi connectivity index (χ3n) is 3.32. The number of fused-ring (bicyclic) bond motifs is 1. The van der Waals surface area contributed by atoms with Gasteiger partial charge in [-0.05, 0) is 24.6 Å². The van der Waals surface area contributed by atoms with Gasteiger partial charge in [0.05, 0.1) is 6.20 Å². The number of aryl methyl sites for hydroxylation is 1. The van der Waals surface area contributed by atoms with Crippen LogP contribution in [0.5, 0.6) is 0 Å². The molecule has 0 aliphatic rings. The predicted octanol–water partition coefficient (Wildman–Crippen LogP) is 2.85. The van der Waals surface area contributed by atoms with E-state index in [-0.39, 0.29) is 0 Å². The molecule has 0 saturated heterocycles. The molecule has 0 spiro atoms. The zero-order chi connectivity index (χ0) is 14.1. The molecule has 0 unspecified atom stereocenters. The van der Waals surface area contributed by atoms with E-state index in [2.05, 4.69) is 45.3 Å². The maximum Gasteiger partial charge on any atom is 0.180 e. The van der Waals surface area contributed by atoms with Crippen LogP contribution in [-0.4, -0.2) is 28.5 Å². The topological polar surface area (TPSA) is 45.5 Å². The van der Waals surface area contributed by atoms with Crippen LogP contribution in [0.1, 0.15) is 5.56 Å². The zero-order valence-corrected chi connectivity index (χ0v) is 11.8. The highest BCUT2D eigenvalue weighted by Gasteiger charge is 2.13.